The molecule has 0 aromatic carbocycles. The summed E-state index contributed by atoms with van der Waals surface area (Å²) in [5.74, 6) is 0.908. The number of methoxy groups -OCH3 is 2. The molecule has 0 amide bonds. The molecule has 2 unspecified atom stereocenters. The monoisotopic (exact) mass is 364 g/mol. The second-order valence-corrected chi connectivity index (χ2v) is 6.76. The van der Waals surface area contributed by atoms with Crippen LogP contribution >= 0.6 is 0 Å². The van der Waals surface area contributed by atoms with E-state index in [9.17, 15) is 9.90 Å². The highest BCUT2D eigenvalue weighted by Gasteiger charge is 2.14. The van der Waals surface area contributed by atoms with Gasteiger partial charge in [-0.25, -0.2) is 0 Å². The lowest BCUT2D eigenvalue weighted by Gasteiger charge is -2.17. The highest BCUT2D eigenvalue weighted by Crippen LogP contribution is 2.21. The van der Waals surface area contributed by atoms with E-state index in [2.05, 4.69) is 13.0 Å². The Kier molecular flexibility index (Phi) is 8.82. The van der Waals surface area contributed by atoms with Gasteiger partial charge in [-0.05, 0) is 53.0 Å². The minimum absolute atomic E-state index is 0.0212. The van der Waals surface area contributed by atoms with Gasteiger partial charge in [0.05, 0.1) is 24.9 Å². The minimum Gasteiger partial charge on any atom is -0.468 e. The predicted molar refractivity (Wildman–Crippen MR) is 104 cm³/mol. The number of hydrogen-bond acceptors (Lipinski definition) is 5. The molecule has 0 radical (unpaired) electrons. The summed E-state index contributed by atoms with van der Waals surface area (Å²) in [7, 11) is 3.18. The summed E-state index contributed by atoms with van der Waals surface area (Å²) < 4.78 is 16.4. The SMILES string of the molecule is COc1oc(CC=C(C)CCC(OC)C(C)=CC(C)O)c(C)c(=O)c1C. The maximum Gasteiger partial charge on any atom is 0.291 e. The van der Waals surface area contributed by atoms with E-state index in [1.54, 1.807) is 27.9 Å². The van der Waals surface area contributed by atoms with Gasteiger partial charge in [0.2, 0.25) is 0 Å². The molecule has 2 atom stereocenters. The zero-order chi connectivity index (χ0) is 19.9. The second kappa shape index (κ2) is 10.3. The van der Waals surface area contributed by atoms with E-state index >= 15 is 0 Å². The Morgan fingerprint density at radius 3 is 2.42 bits per heavy atom. The molecule has 26 heavy (non-hydrogen) atoms. The van der Waals surface area contributed by atoms with Crippen molar-refractivity contribution in [2.45, 2.75) is 66.1 Å². The molecule has 0 saturated heterocycles. The Labute approximate surface area is 156 Å². The normalized spacial score (nSPS) is 15.1. The molecule has 0 saturated carbocycles. The quantitative estimate of drug-likeness (QED) is 0.674. The van der Waals surface area contributed by atoms with E-state index in [1.807, 2.05) is 13.0 Å². The third-order valence-electron chi connectivity index (χ3n) is 4.54. The molecule has 1 N–H and O–H groups in total. The maximum atomic E-state index is 12.2. The van der Waals surface area contributed by atoms with Crippen LogP contribution in [0.3, 0.4) is 0 Å². The van der Waals surface area contributed by atoms with E-state index in [1.165, 1.54) is 12.7 Å². The van der Waals surface area contributed by atoms with Crippen LogP contribution in [-0.2, 0) is 11.2 Å². The molecule has 5 nitrogen and oxygen atoms in total. The van der Waals surface area contributed by atoms with Gasteiger partial charge in [-0.3, -0.25) is 4.79 Å². The van der Waals surface area contributed by atoms with Gasteiger partial charge in [0.25, 0.3) is 5.95 Å². The standard InChI is InChI=1S/C21H32O5/c1-13(8-10-18(24-6)14(2)12-15(3)22)9-11-19-16(4)20(23)17(5)21(25-7)26-19/h9,12,15,18,22H,8,10-11H2,1-7H3. The highest BCUT2D eigenvalue weighted by atomic mass is 16.6. The predicted octanol–water partition coefficient (Wildman–Crippen LogP) is 3.88. The van der Waals surface area contributed by atoms with E-state index in [0.717, 1.165) is 18.4 Å². The summed E-state index contributed by atoms with van der Waals surface area (Å²) in [5.41, 5.74) is 3.31. The van der Waals surface area contributed by atoms with E-state index in [0.29, 0.717) is 23.3 Å². The van der Waals surface area contributed by atoms with Crippen LogP contribution in [0.4, 0.5) is 0 Å². The van der Waals surface area contributed by atoms with Crippen molar-refractivity contribution in [3.8, 4) is 5.95 Å². The van der Waals surface area contributed by atoms with Crippen molar-refractivity contribution in [3.63, 3.8) is 0 Å². The fraction of sp³-hybridized carbons (Fsp3) is 0.571. The first kappa shape index (κ1) is 22.2. The van der Waals surface area contributed by atoms with Gasteiger partial charge >= 0.3 is 0 Å². The van der Waals surface area contributed by atoms with Crippen molar-refractivity contribution in [2.24, 2.45) is 0 Å². The Bertz CT molecular complexity index is 710. The Balaban J connectivity index is 2.81. The molecule has 0 aliphatic rings. The largest absolute Gasteiger partial charge is 0.468 e. The second-order valence-electron chi connectivity index (χ2n) is 6.76. The van der Waals surface area contributed by atoms with Crippen molar-refractivity contribution in [2.75, 3.05) is 14.2 Å². The summed E-state index contributed by atoms with van der Waals surface area (Å²) in [5, 5.41) is 9.48. The zero-order valence-corrected chi connectivity index (χ0v) is 17.0. The fourth-order valence-electron chi connectivity index (χ4n) is 2.90. The van der Waals surface area contributed by atoms with Crippen LogP contribution in [-0.4, -0.2) is 31.5 Å². The summed E-state index contributed by atoms with van der Waals surface area (Å²) in [6.45, 7) is 9.24. The molecular weight excluding hydrogens is 332 g/mol. The van der Waals surface area contributed by atoms with Crippen LogP contribution in [0, 0.1) is 13.8 Å². The van der Waals surface area contributed by atoms with Crippen molar-refractivity contribution in [3.05, 3.63) is 50.4 Å². The molecule has 0 bridgehead atoms. The first-order valence-electron chi connectivity index (χ1n) is 8.93. The van der Waals surface area contributed by atoms with Gasteiger partial charge in [0.1, 0.15) is 5.76 Å². The molecule has 1 heterocycles. The highest BCUT2D eigenvalue weighted by molar-refractivity contribution is 5.30. The number of rotatable bonds is 9. The molecule has 0 aliphatic heterocycles. The summed E-state index contributed by atoms with van der Waals surface area (Å²) in [6, 6.07) is 0. The van der Waals surface area contributed by atoms with Crippen molar-refractivity contribution < 1.29 is 19.0 Å². The van der Waals surface area contributed by atoms with Crippen molar-refractivity contribution >= 4 is 0 Å². The Morgan fingerprint density at radius 2 is 1.88 bits per heavy atom. The smallest absolute Gasteiger partial charge is 0.291 e. The number of hydrogen-bond donors (Lipinski definition) is 1. The van der Waals surface area contributed by atoms with Crippen LogP contribution in [0.25, 0.3) is 0 Å². The van der Waals surface area contributed by atoms with E-state index in [4.69, 9.17) is 13.9 Å². The third kappa shape index (κ3) is 6.15. The summed E-state index contributed by atoms with van der Waals surface area (Å²) in [4.78, 5) is 12.2. The molecule has 1 aromatic heterocycles. The number of aliphatic hydroxyl groups excluding tert-OH is 1. The maximum absolute atomic E-state index is 12.2. The molecule has 1 aromatic rings. The Hall–Kier alpha value is -1.85. The number of allylic oxidation sites excluding steroid dienone is 2. The van der Waals surface area contributed by atoms with Crippen molar-refractivity contribution in [1.29, 1.82) is 0 Å². The van der Waals surface area contributed by atoms with E-state index < -0.39 is 6.10 Å². The third-order valence-corrected chi connectivity index (χ3v) is 4.54. The van der Waals surface area contributed by atoms with Crippen molar-refractivity contribution in [1.82, 2.24) is 0 Å². The molecular formula is C21H32O5. The molecule has 146 valence electrons. The summed E-state index contributed by atoms with van der Waals surface area (Å²) in [6.07, 6.45) is 5.61. The number of aliphatic hydroxyl groups is 1. The minimum atomic E-state index is -0.480. The van der Waals surface area contributed by atoms with Crippen LogP contribution in [0.2, 0.25) is 0 Å². The van der Waals surface area contributed by atoms with Gasteiger partial charge in [-0.2, -0.15) is 0 Å². The van der Waals surface area contributed by atoms with Gasteiger partial charge in [-0.1, -0.05) is 17.7 Å². The van der Waals surface area contributed by atoms with Crippen LogP contribution < -0.4 is 10.2 Å². The van der Waals surface area contributed by atoms with Gasteiger partial charge in [0.15, 0.2) is 5.43 Å². The lowest BCUT2D eigenvalue weighted by molar-refractivity contribution is 0.122. The molecule has 0 fully saturated rings. The summed E-state index contributed by atoms with van der Waals surface area (Å²) >= 11 is 0. The Morgan fingerprint density at radius 1 is 1.23 bits per heavy atom. The van der Waals surface area contributed by atoms with E-state index in [-0.39, 0.29) is 17.5 Å². The zero-order valence-electron chi connectivity index (χ0n) is 17.0. The first-order valence-corrected chi connectivity index (χ1v) is 8.93. The van der Waals surface area contributed by atoms with Gasteiger partial charge in [0, 0.05) is 19.1 Å². The lowest BCUT2D eigenvalue weighted by Crippen LogP contribution is -2.14. The first-order chi connectivity index (χ1) is 12.2. The van der Waals surface area contributed by atoms with Gasteiger partial charge < -0.3 is 19.0 Å². The molecule has 0 aliphatic carbocycles. The average Bonchev–Trinajstić information content (AvgIpc) is 2.59. The molecule has 1 rings (SSSR count). The average molecular weight is 364 g/mol. The molecule has 5 heteroatoms. The van der Waals surface area contributed by atoms with Crippen LogP contribution in [0.5, 0.6) is 5.95 Å². The van der Waals surface area contributed by atoms with Crippen LogP contribution in [0.15, 0.2) is 32.5 Å². The fourth-order valence-corrected chi connectivity index (χ4v) is 2.90. The van der Waals surface area contributed by atoms with Gasteiger partial charge in [-0.15, -0.1) is 0 Å². The van der Waals surface area contributed by atoms with Crippen LogP contribution in [0.1, 0.15) is 50.5 Å². The lowest BCUT2D eigenvalue weighted by atomic mass is 10.0. The number of ether oxygens (including phenoxy) is 2. The molecule has 0 spiro atoms. The topological polar surface area (TPSA) is 68.9 Å².